The van der Waals surface area contributed by atoms with Gasteiger partial charge in [-0.2, -0.15) is 5.10 Å². The zero-order valence-electron chi connectivity index (χ0n) is 11.3. The molecule has 19 heavy (non-hydrogen) atoms. The number of aromatic nitrogens is 3. The summed E-state index contributed by atoms with van der Waals surface area (Å²) < 4.78 is 1.84. The van der Waals surface area contributed by atoms with E-state index in [1.807, 2.05) is 37.0 Å². The summed E-state index contributed by atoms with van der Waals surface area (Å²) in [4.78, 5) is 14.0. The molecule has 0 spiro atoms. The number of carbonyl (C=O) groups excluding carboxylic acids is 1. The number of nitrogens with zero attached hydrogens (tertiary/aromatic N) is 3. The van der Waals surface area contributed by atoms with E-state index >= 15 is 0 Å². The molecule has 0 unspecified atom stereocenters. The fourth-order valence-corrected chi connectivity index (χ4v) is 2.69. The van der Waals surface area contributed by atoms with Gasteiger partial charge in [0, 0.05) is 26.0 Å². The lowest BCUT2D eigenvalue weighted by Gasteiger charge is -2.16. The molecule has 0 atom stereocenters. The summed E-state index contributed by atoms with van der Waals surface area (Å²) in [7, 11) is 3.71. The van der Waals surface area contributed by atoms with Crippen LogP contribution in [0.3, 0.4) is 0 Å². The number of aromatic amines is 1. The maximum absolute atomic E-state index is 12.3. The van der Waals surface area contributed by atoms with Crippen molar-refractivity contribution in [3.8, 4) is 0 Å². The Kier molecular flexibility index (Phi) is 2.89. The molecule has 2 aromatic rings. The second-order valence-corrected chi connectivity index (χ2v) is 5.15. The van der Waals surface area contributed by atoms with E-state index in [1.54, 1.807) is 4.90 Å². The highest BCUT2D eigenvalue weighted by atomic mass is 16.2. The lowest BCUT2D eigenvalue weighted by atomic mass is 10.2. The van der Waals surface area contributed by atoms with Crippen molar-refractivity contribution < 1.29 is 4.79 Å². The van der Waals surface area contributed by atoms with Gasteiger partial charge in [0.25, 0.3) is 5.91 Å². The van der Waals surface area contributed by atoms with Gasteiger partial charge in [-0.05, 0) is 37.0 Å². The average Bonchev–Trinajstić information content (AvgIpc) is 3.06. The number of rotatable bonds is 3. The van der Waals surface area contributed by atoms with Crippen LogP contribution < -0.4 is 0 Å². The van der Waals surface area contributed by atoms with E-state index in [-0.39, 0.29) is 5.91 Å². The molecule has 1 N–H and O–H groups in total. The lowest BCUT2D eigenvalue weighted by molar-refractivity contribution is 0.0773. The molecule has 0 bridgehead atoms. The molecule has 0 aromatic carbocycles. The van der Waals surface area contributed by atoms with E-state index in [4.69, 9.17) is 0 Å². The highest BCUT2D eigenvalue weighted by Gasteiger charge is 2.21. The summed E-state index contributed by atoms with van der Waals surface area (Å²) in [6, 6.07) is 3.72. The van der Waals surface area contributed by atoms with Gasteiger partial charge in [-0.15, -0.1) is 0 Å². The molecule has 0 aliphatic heterocycles. The third-order valence-corrected chi connectivity index (χ3v) is 3.79. The Morgan fingerprint density at radius 1 is 1.53 bits per heavy atom. The highest BCUT2D eigenvalue weighted by molar-refractivity contribution is 5.92. The van der Waals surface area contributed by atoms with Crippen LogP contribution in [0.25, 0.3) is 0 Å². The topological polar surface area (TPSA) is 53.9 Å². The van der Waals surface area contributed by atoms with Crippen molar-refractivity contribution in [2.24, 2.45) is 7.05 Å². The van der Waals surface area contributed by atoms with Crippen molar-refractivity contribution in [2.45, 2.75) is 25.8 Å². The summed E-state index contributed by atoms with van der Waals surface area (Å²) in [5, 5.41) is 7.42. The molecule has 3 rings (SSSR count). The second kappa shape index (κ2) is 4.57. The Morgan fingerprint density at radius 2 is 2.37 bits per heavy atom. The number of fused-ring (bicyclic) bond motifs is 1. The quantitative estimate of drug-likeness (QED) is 0.907. The van der Waals surface area contributed by atoms with Crippen LogP contribution >= 0.6 is 0 Å². The van der Waals surface area contributed by atoms with Crippen LogP contribution in [0.4, 0.5) is 0 Å². The third kappa shape index (κ3) is 2.05. The van der Waals surface area contributed by atoms with Crippen LogP contribution in [-0.4, -0.2) is 32.6 Å². The predicted molar refractivity (Wildman–Crippen MR) is 71.8 cm³/mol. The van der Waals surface area contributed by atoms with Gasteiger partial charge in [-0.3, -0.25) is 9.89 Å². The maximum Gasteiger partial charge on any atom is 0.270 e. The molecule has 5 heteroatoms. The first-order valence-corrected chi connectivity index (χ1v) is 6.58. The first-order chi connectivity index (χ1) is 9.16. The summed E-state index contributed by atoms with van der Waals surface area (Å²) in [5.41, 5.74) is 4.27. The number of amides is 1. The number of hydrogen-bond acceptors (Lipinski definition) is 2. The molecule has 2 heterocycles. The molecule has 1 aliphatic rings. The molecule has 2 aromatic heterocycles. The lowest BCUT2D eigenvalue weighted by Crippen LogP contribution is -2.28. The van der Waals surface area contributed by atoms with Crippen LogP contribution in [-0.2, 0) is 26.4 Å². The van der Waals surface area contributed by atoms with E-state index in [0.717, 1.165) is 18.5 Å². The minimum Gasteiger partial charge on any atom is -0.347 e. The molecule has 0 radical (unpaired) electrons. The van der Waals surface area contributed by atoms with E-state index in [2.05, 4.69) is 10.2 Å². The van der Waals surface area contributed by atoms with Crippen LogP contribution in [0.15, 0.2) is 18.3 Å². The first-order valence-electron chi connectivity index (χ1n) is 6.58. The standard InChI is InChI=1S/C14H18N4O/c1-17-8-4-7-13(17)14(19)18(2)9-12-10-5-3-6-11(10)15-16-12/h4,7-8H,3,5-6,9H2,1-2H3,(H,15,16). The summed E-state index contributed by atoms with van der Waals surface area (Å²) in [5.74, 6) is 0.0299. The highest BCUT2D eigenvalue weighted by Crippen LogP contribution is 2.23. The first kappa shape index (κ1) is 12.0. The minimum absolute atomic E-state index is 0.0299. The van der Waals surface area contributed by atoms with Crippen molar-refractivity contribution in [1.82, 2.24) is 19.7 Å². The van der Waals surface area contributed by atoms with Gasteiger partial charge in [0.1, 0.15) is 5.69 Å². The number of aryl methyl sites for hydroxylation is 2. The Hall–Kier alpha value is -2.04. The molecule has 100 valence electrons. The summed E-state index contributed by atoms with van der Waals surface area (Å²) >= 11 is 0. The molecule has 1 amide bonds. The second-order valence-electron chi connectivity index (χ2n) is 5.15. The molecule has 0 saturated heterocycles. The van der Waals surface area contributed by atoms with Crippen LogP contribution in [0.5, 0.6) is 0 Å². The maximum atomic E-state index is 12.3. The predicted octanol–water partition coefficient (Wildman–Crippen LogP) is 1.51. The van der Waals surface area contributed by atoms with Crippen molar-refractivity contribution in [3.05, 3.63) is 41.0 Å². The largest absolute Gasteiger partial charge is 0.347 e. The zero-order chi connectivity index (χ0) is 13.4. The van der Waals surface area contributed by atoms with Gasteiger partial charge in [-0.25, -0.2) is 0 Å². The molecule has 0 fully saturated rings. The fourth-order valence-electron chi connectivity index (χ4n) is 2.69. The number of H-pyrrole nitrogens is 1. The summed E-state index contributed by atoms with van der Waals surface area (Å²) in [6.07, 6.45) is 5.23. The summed E-state index contributed by atoms with van der Waals surface area (Å²) in [6.45, 7) is 0.565. The Labute approximate surface area is 112 Å². The van der Waals surface area contributed by atoms with Gasteiger partial charge in [-0.1, -0.05) is 0 Å². The van der Waals surface area contributed by atoms with Crippen molar-refractivity contribution in [1.29, 1.82) is 0 Å². The molecule has 5 nitrogen and oxygen atoms in total. The van der Waals surface area contributed by atoms with Gasteiger partial charge >= 0.3 is 0 Å². The SMILES string of the molecule is CN(Cc1n[nH]c2c1CCC2)C(=O)c1cccn1C. The van der Waals surface area contributed by atoms with Crippen LogP contribution in [0.2, 0.25) is 0 Å². The number of carbonyl (C=O) groups is 1. The van der Waals surface area contributed by atoms with Crippen LogP contribution in [0, 0.1) is 0 Å². The monoisotopic (exact) mass is 258 g/mol. The fraction of sp³-hybridized carbons (Fsp3) is 0.429. The Morgan fingerprint density at radius 3 is 3.11 bits per heavy atom. The smallest absolute Gasteiger partial charge is 0.270 e. The van der Waals surface area contributed by atoms with Gasteiger partial charge in [0.15, 0.2) is 0 Å². The molecular formula is C14H18N4O. The minimum atomic E-state index is 0.0299. The zero-order valence-corrected chi connectivity index (χ0v) is 11.3. The Bertz CT molecular complexity index is 611. The normalized spacial score (nSPS) is 13.6. The van der Waals surface area contributed by atoms with Crippen molar-refractivity contribution in [3.63, 3.8) is 0 Å². The Balaban J connectivity index is 1.76. The van der Waals surface area contributed by atoms with E-state index < -0.39 is 0 Å². The molecular weight excluding hydrogens is 240 g/mol. The average molecular weight is 258 g/mol. The van der Waals surface area contributed by atoms with Crippen molar-refractivity contribution >= 4 is 5.91 Å². The van der Waals surface area contributed by atoms with E-state index in [1.165, 1.54) is 17.7 Å². The molecule has 0 saturated carbocycles. The number of hydrogen-bond donors (Lipinski definition) is 1. The van der Waals surface area contributed by atoms with Gasteiger partial charge in [0.05, 0.1) is 12.2 Å². The number of nitrogens with one attached hydrogen (secondary N) is 1. The van der Waals surface area contributed by atoms with Gasteiger partial charge < -0.3 is 9.47 Å². The van der Waals surface area contributed by atoms with E-state index in [9.17, 15) is 4.79 Å². The van der Waals surface area contributed by atoms with Crippen LogP contribution in [0.1, 0.15) is 33.9 Å². The molecule has 1 aliphatic carbocycles. The van der Waals surface area contributed by atoms with Crippen molar-refractivity contribution in [2.75, 3.05) is 7.05 Å². The third-order valence-electron chi connectivity index (χ3n) is 3.79. The van der Waals surface area contributed by atoms with E-state index in [0.29, 0.717) is 12.2 Å². The van der Waals surface area contributed by atoms with Gasteiger partial charge in [0.2, 0.25) is 0 Å².